The molecule has 24 heavy (non-hydrogen) atoms. The third-order valence-electron chi connectivity index (χ3n) is 4.05. The van der Waals surface area contributed by atoms with E-state index >= 15 is 0 Å². The third-order valence-corrected chi connectivity index (χ3v) is 4.46. The Hall–Kier alpha value is -1.83. The van der Waals surface area contributed by atoms with Gasteiger partial charge in [0.1, 0.15) is 0 Å². The van der Waals surface area contributed by atoms with Gasteiger partial charge in [-0.15, -0.1) is 0 Å². The lowest BCUT2D eigenvalue weighted by Gasteiger charge is -2.33. The van der Waals surface area contributed by atoms with E-state index in [0.29, 0.717) is 17.9 Å². The fraction of sp³-hybridized carbons (Fsp3) is 0.375. The monoisotopic (exact) mass is 400 g/mol. The molecule has 0 amide bonds. The summed E-state index contributed by atoms with van der Waals surface area (Å²) in [4.78, 5) is 8.31. The number of anilines is 2. The van der Waals surface area contributed by atoms with Crippen LogP contribution in [0.3, 0.4) is 0 Å². The molecule has 2 heterocycles. The van der Waals surface area contributed by atoms with Gasteiger partial charge in [-0.2, -0.15) is 13.2 Å². The molecule has 2 N–H and O–H groups in total. The molecule has 2 atom stereocenters. The van der Waals surface area contributed by atoms with Gasteiger partial charge in [0.25, 0.3) is 0 Å². The van der Waals surface area contributed by atoms with Crippen molar-refractivity contribution >= 4 is 27.6 Å². The van der Waals surface area contributed by atoms with Gasteiger partial charge in [0, 0.05) is 24.1 Å². The number of nitrogens with zero attached hydrogens (tertiary/aromatic N) is 2. The minimum absolute atomic E-state index is 0.183. The zero-order valence-electron chi connectivity index (χ0n) is 12.9. The third kappa shape index (κ3) is 3.63. The molecule has 2 aromatic rings. The van der Waals surface area contributed by atoms with Gasteiger partial charge in [0.2, 0.25) is 5.95 Å². The Morgan fingerprint density at radius 3 is 2.62 bits per heavy atom. The Morgan fingerprint density at radius 1 is 1.29 bits per heavy atom. The number of benzene rings is 1. The SMILES string of the molecule is CC[C@@H]1C[C@H](Nc2ncc(Br)cn2)c2cc(C(F)(F)F)ccc2N1. The van der Waals surface area contributed by atoms with Crippen LogP contribution in [0.4, 0.5) is 24.8 Å². The van der Waals surface area contributed by atoms with Crippen molar-refractivity contribution in [3.8, 4) is 0 Å². The van der Waals surface area contributed by atoms with Crippen molar-refractivity contribution < 1.29 is 13.2 Å². The fourth-order valence-corrected chi connectivity index (χ4v) is 3.00. The van der Waals surface area contributed by atoms with Crippen molar-refractivity contribution in [3.05, 3.63) is 46.2 Å². The smallest absolute Gasteiger partial charge is 0.382 e. The maximum absolute atomic E-state index is 13.0. The Kier molecular flexibility index (Phi) is 4.67. The van der Waals surface area contributed by atoms with Gasteiger partial charge in [-0.3, -0.25) is 0 Å². The molecule has 0 saturated carbocycles. The Balaban J connectivity index is 1.95. The molecule has 8 heteroatoms. The molecule has 4 nitrogen and oxygen atoms in total. The highest BCUT2D eigenvalue weighted by Gasteiger charge is 2.34. The number of hydrogen-bond donors (Lipinski definition) is 2. The number of nitrogens with one attached hydrogen (secondary N) is 2. The van der Waals surface area contributed by atoms with E-state index in [-0.39, 0.29) is 12.1 Å². The van der Waals surface area contributed by atoms with Gasteiger partial charge in [-0.05, 0) is 52.5 Å². The van der Waals surface area contributed by atoms with Crippen LogP contribution in [0.5, 0.6) is 0 Å². The second-order valence-corrected chi connectivity index (χ2v) is 6.62. The van der Waals surface area contributed by atoms with Gasteiger partial charge in [0.05, 0.1) is 16.1 Å². The van der Waals surface area contributed by atoms with E-state index in [1.165, 1.54) is 12.1 Å². The second kappa shape index (κ2) is 6.58. The lowest BCUT2D eigenvalue weighted by atomic mass is 9.90. The molecule has 1 aliphatic heterocycles. The van der Waals surface area contributed by atoms with Crippen LogP contribution in [0.1, 0.15) is 36.9 Å². The minimum atomic E-state index is -4.37. The summed E-state index contributed by atoms with van der Waals surface area (Å²) in [7, 11) is 0. The molecule has 128 valence electrons. The van der Waals surface area contributed by atoms with Crippen LogP contribution in [0.2, 0.25) is 0 Å². The van der Waals surface area contributed by atoms with Crippen LogP contribution in [-0.2, 0) is 6.18 Å². The lowest BCUT2D eigenvalue weighted by molar-refractivity contribution is -0.137. The number of rotatable bonds is 3. The number of alkyl halides is 3. The average Bonchev–Trinajstić information content (AvgIpc) is 2.55. The maximum Gasteiger partial charge on any atom is 0.416 e. The molecule has 3 rings (SSSR count). The van der Waals surface area contributed by atoms with E-state index in [2.05, 4.69) is 36.5 Å². The highest BCUT2D eigenvalue weighted by molar-refractivity contribution is 9.10. The standard InChI is InChI=1S/C16H16BrF3N4/c1-2-11-6-14(24-15-21-7-10(17)8-22-15)12-5-9(16(18,19)20)3-4-13(12)23-11/h3-5,7-8,11,14,23H,2,6H2,1H3,(H,21,22,24)/t11-,14+/m1/s1. The molecule has 0 aliphatic carbocycles. The molecule has 0 unspecified atom stereocenters. The summed E-state index contributed by atoms with van der Waals surface area (Å²) < 4.78 is 39.8. The molecule has 1 aromatic carbocycles. The van der Waals surface area contributed by atoms with E-state index in [0.717, 1.165) is 22.6 Å². The maximum atomic E-state index is 13.0. The van der Waals surface area contributed by atoms with Crippen molar-refractivity contribution in [2.24, 2.45) is 0 Å². The van der Waals surface area contributed by atoms with Crippen LogP contribution in [0.15, 0.2) is 35.1 Å². The minimum Gasteiger partial charge on any atom is -0.382 e. The average molecular weight is 401 g/mol. The normalized spacial score (nSPS) is 20.2. The summed E-state index contributed by atoms with van der Waals surface area (Å²) in [5, 5.41) is 6.45. The van der Waals surface area contributed by atoms with E-state index in [1.807, 2.05) is 6.92 Å². The Labute approximate surface area is 146 Å². The summed E-state index contributed by atoms with van der Waals surface area (Å²) in [5.41, 5.74) is 0.651. The van der Waals surface area contributed by atoms with Crippen molar-refractivity contribution in [1.82, 2.24) is 9.97 Å². The lowest BCUT2D eigenvalue weighted by Crippen LogP contribution is -2.31. The predicted molar refractivity (Wildman–Crippen MR) is 89.9 cm³/mol. The molecule has 0 radical (unpaired) electrons. The van der Waals surface area contributed by atoms with E-state index < -0.39 is 11.7 Å². The summed E-state index contributed by atoms with van der Waals surface area (Å²) in [6, 6.07) is 3.70. The molecule has 0 fully saturated rings. The largest absolute Gasteiger partial charge is 0.416 e. The predicted octanol–water partition coefficient (Wildman–Crippen LogP) is 5.01. The van der Waals surface area contributed by atoms with Crippen LogP contribution in [0, 0.1) is 0 Å². The van der Waals surface area contributed by atoms with Gasteiger partial charge >= 0.3 is 6.18 Å². The summed E-state index contributed by atoms with van der Waals surface area (Å²) in [6.45, 7) is 2.04. The zero-order chi connectivity index (χ0) is 17.3. The summed E-state index contributed by atoms with van der Waals surface area (Å²) in [5.74, 6) is 0.392. The number of fused-ring (bicyclic) bond motifs is 1. The highest BCUT2D eigenvalue weighted by atomic mass is 79.9. The van der Waals surface area contributed by atoms with Crippen molar-refractivity contribution in [2.75, 3.05) is 10.6 Å². The molecule has 1 aliphatic rings. The first-order valence-electron chi connectivity index (χ1n) is 7.58. The molecule has 1 aromatic heterocycles. The van der Waals surface area contributed by atoms with Gasteiger partial charge in [0.15, 0.2) is 0 Å². The van der Waals surface area contributed by atoms with Crippen LogP contribution < -0.4 is 10.6 Å². The number of aromatic nitrogens is 2. The topological polar surface area (TPSA) is 49.8 Å². The first kappa shape index (κ1) is 17.0. The van der Waals surface area contributed by atoms with E-state index in [9.17, 15) is 13.2 Å². The number of halogens is 4. The molecular formula is C16H16BrF3N4. The zero-order valence-corrected chi connectivity index (χ0v) is 14.4. The summed E-state index contributed by atoms with van der Waals surface area (Å²) in [6.07, 6.45) is 0.362. The van der Waals surface area contributed by atoms with Crippen LogP contribution >= 0.6 is 15.9 Å². The summed E-state index contributed by atoms with van der Waals surface area (Å²) >= 11 is 3.26. The molecular weight excluding hydrogens is 385 g/mol. The van der Waals surface area contributed by atoms with E-state index in [4.69, 9.17) is 0 Å². The van der Waals surface area contributed by atoms with E-state index in [1.54, 1.807) is 12.4 Å². The number of hydrogen-bond acceptors (Lipinski definition) is 4. The van der Waals surface area contributed by atoms with Crippen molar-refractivity contribution in [1.29, 1.82) is 0 Å². The second-order valence-electron chi connectivity index (χ2n) is 5.71. The van der Waals surface area contributed by atoms with Gasteiger partial charge in [-0.1, -0.05) is 6.92 Å². The van der Waals surface area contributed by atoms with Crippen molar-refractivity contribution in [2.45, 2.75) is 38.0 Å². The van der Waals surface area contributed by atoms with Crippen LogP contribution in [0.25, 0.3) is 0 Å². The Bertz CT molecular complexity index is 718. The van der Waals surface area contributed by atoms with Crippen LogP contribution in [-0.4, -0.2) is 16.0 Å². The highest BCUT2D eigenvalue weighted by Crippen LogP contribution is 2.39. The quantitative estimate of drug-likeness (QED) is 0.760. The Morgan fingerprint density at radius 2 is 2.00 bits per heavy atom. The van der Waals surface area contributed by atoms with Crippen molar-refractivity contribution in [3.63, 3.8) is 0 Å². The van der Waals surface area contributed by atoms with Gasteiger partial charge < -0.3 is 10.6 Å². The van der Waals surface area contributed by atoms with Gasteiger partial charge in [-0.25, -0.2) is 9.97 Å². The first-order chi connectivity index (χ1) is 11.4. The molecule has 0 bridgehead atoms. The molecule has 0 saturated heterocycles. The molecule has 0 spiro atoms. The first-order valence-corrected chi connectivity index (χ1v) is 8.38. The fourth-order valence-electron chi connectivity index (χ4n) is 2.80.